The summed E-state index contributed by atoms with van der Waals surface area (Å²) in [6, 6.07) is 4.33. The fourth-order valence-electron chi connectivity index (χ4n) is 1.50. The minimum Gasteiger partial charge on any atom is -0.497 e. The number of ether oxygens (including phenoxy) is 1. The maximum atomic E-state index is 11.6. The number of carbonyl (C=O) groups is 1. The molecule has 18 heavy (non-hydrogen) atoms. The average molecular weight is 256 g/mol. The van der Waals surface area contributed by atoms with E-state index in [-0.39, 0.29) is 11.1 Å². The van der Waals surface area contributed by atoms with Crippen LogP contribution in [-0.2, 0) is 0 Å². The van der Waals surface area contributed by atoms with Gasteiger partial charge in [-0.15, -0.1) is 0 Å². The number of nitrogens with one attached hydrogen (secondary N) is 1. The van der Waals surface area contributed by atoms with Crippen LogP contribution in [0.25, 0.3) is 0 Å². The molecule has 1 aromatic rings. The zero-order valence-electron chi connectivity index (χ0n) is 9.83. The van der Waals surface area contributed by atoms with Crippen LogP contribution in [0.5, 0.6) is 5.75 Å². The van der Waals surface area contributed by atoms with E-state index < -0.39 is 24.7 Å². The Hall–Kier alpha value is -1.67. The maximum Gasteiger partial charge on any atom is 0.265 e. The van der Waals surface area contributed by atoms with Gasteiger partial charge < -0.3 is 20.1 Å². The monoisotopic (exact) mass is 256 g/mol. The van der Waals surface area contributed by atoms with Crippen LogP contribution >= 0.6 is 0 Å². The molecule has 6 N–H and O–H groups in total. The third-order valence-electron chi connectivity index (χ3n) is 2.51. The van der Waals surface area contributed by atoms with Crippen molar-refractivity contribution in [2.24, 2.45) is 5.84 Å². The number of hydrogen-bond acceptors (Lipinski definition) is 6. The number of hydrazine groups is 1. The molecule has 0 fully saturated rings. The SMILES string of the molecule is COc1ccc(C(O)C(O)CO)c(C(=O)NN)c1. The Morgan fingerprint density at radius 3 is 2.67 bits per heavy atom. The molecule has 7 nitrogen and oxygen atoms in total. The molecular weight excluding hydrogens is 240 g/mol. The number of amides is 1. The molecular formula is C11H16N2O5. The van der Waals surface area contributed by atoms with E-state index in [1.807, 2.05) is 5.43 Å². The molecule has 0 aliphatic carbocycles. The molecule has 2 unspecified atom stereocenters. The van der Waals surface area contributed by atoms with Crippen molar-refractivity contribution in [2.75, 3.05) is 13.7 Å². The Kier molecular flexibility index (Phi) is 5.05. The van der Waals surface area contributed by atoms with Gasteiger partial charge in [-0.3, -0.25) is 10.2 Å². The van der Waals surface area contributed by atoms with Gasteiger partial charge in [0.1, 0.15) is 18.0 Å². The van der Waals surface area contributed by atoms with Crippen molar-refractivity contribution in [3.63, 3.8) is 0 Å². The Bertz CT molecular complexity index is 424. The highest BCUT2D eigenvalue weighted by molar-refractivity contribution is 5.95. The third-order valence-corrected chi connectivity index (χ3v) is 2.51. The first-order valence-electron chi connectivity index (χ1n) is 5.21. The zero-order chi connectivity index (χ0) is 13.7. The van der Waals surface area contributed by atoms with Gasteiger partial charge >= 0.3 is 0 Å². The Labute approximate surface area is 104 Å². The highest BCUT2D eigenvalue weighted by atomic mass is 16.5. The number of carbonyl (C=O) groups excluding carboxylic acids is 1. The van der Waals surface area contributed by atoms with Gasteiger partial charge in [0.15, 0.2) is 0 Å². The number of nitrogens with two attached hydrogens (primary N) is 1. The van der Waals surface area contributed by atoms with Crippen LogP contribution in [-0.4, -0.2) is 41.0 Å². The molecule has 7 heteroatoms. The predicted octanol–water partition coefficient (Wildman–Crippen LogP) is -1.31. The molecule has 0 aliphatic rings. The van der Waals surface area contributed by atoms with Gasteiger partial charge in [0, 0.05) is 0 Å². The lowest BCUT2D eigenvalue weighted by Crippen LogP contribution is -2.32. The Morgan fingerprint density at radius 1 is 1.50 bits per heavy atom. The molecule has 0 heterocycles. The summed E-state index contributed by atoms with van der Waals surface area (Å²) in [5.41, 5.74) is 2.15. The summed E-state index contributed by atoms with van der Waals surface area (Å²) in [5.74, 6) is 4.81. The lowest BCUT2D eigenvalue weighted by atomic mass is 9.98. The van der Waals surface area contributed by atoms with Crippen molar-refractivity contribution in [1.29, 1.82) is 0 Å². The molecule has 0 saturated carbocycles. The van der Waals surface area contributed by atoms with Crippen LogP contribution in [0.2, 0.25) is 0 Å². The van der Waals surface area contributed by atoms with Gasteiger partial charge in [-0.25, -0.2) is 5.84 Å². The number of rotatable bonds is 5. The first kappa shape index (κ1) is 14.4. The van der Waals surface area contributed by atoms with E-state index in [1.165, 1.54) is 25.3 Å². The fourth-order valence-corrected chi connectivity index (χ4v) is 1.50. The van der Waals surface area contributed by atoms with Crippen LogP contribution < -0.4 is 16.0 Å². The second-order valence-corrected chi connectivity index (χ2v) is 3.62. The Morgan fingerprint density at radius 2 is 2.17 bits per heavy atom. The molecule has 1 amide bonds. The number of methoxy groups -OCH3 is 1. The molecule has 0 radical (unpaired) electrons. The first-order valence-corrected chi connectivity index (χ1v) is 5.21. The van der Waals surface area contributed by atoms with E-state index in [4.69, 9.17) is 15.7 Å². The lowest BCUT2D eigenvalue weighted by molar-refractivity contribution is -0.0156. The highest BCUT2D eigenvalue weighted by Crippen LogP contribution is 2.25. The molecule has 2 atom stereocenters. The van der Waals surface area contributed by atoms with Crippen LogP contribution in [0.15, 0.2) is 18.2 Å². The summed E-state index contributed by atoms with van der Waals surface area (Å²) in [6.07, 6.45) is -2.78. The van der Waals surface area contributed by atoms with Crippen molar-refractivity contribution < 1.29 is 24.9 Å². The largest absolute Gasteiger partial charge is 0.497 e. The number of nitrogen functional groups attached to an aromatic ring is 1. The molecule has 1 aromatic carbocycles. The van der Waals surface area contributed by atoms with Gasteiger partial charge in [-0.05, 0) is 17.7 Å². The molecule has 100 valence electrons. The van der Waals surface area contributed by atoms with Crippen molar-refractivity contribution in [3.8, 4) is 5.75 Å². The maximum absolute atomic E-state index is 11.6. The van der Waals surface area contributed by atoms with E-state index in [1.54, 1.807) is 0 Å². The van der Waals surface area contributed by atoms with E-state index in [2.05, 4.69) is 0 Å². The Balaban J connectivity index is 3.21. The van der Waals surface area contributed by atoms with Gasteiger partial charge in [0.25, 0.3) is 5.91 Å². The summed E-state index contributed by atoms with van der Waals surface area (Å²) in [7, 11) is 1.43. The lowest BCUT2D eigenvalue weighted by Gasteiger charge is -2.19. The fraction of sp³-hybridized carbons (Fsp3) is 0.364. The minimum absolute atomic E-state index is 0.0665. The van der Waals surface area contributed by atoms with Crippen molar-refractivity contribution in [3.05, 3.63) is 29.3 Å². The quantitative estimate of drug-likeness (QED) is 0.253. The molecule has 0 saturated heterocycles. The van der Waals surface area contributed by atoms with Crippen LogP contribution in [0.1, 0.15) is 22.0 Å². The third kappa shape index (κ3) is 2.96. The summed E-state index contributed by atoms with van der Waals surface area (Å²) in [4.78, 5) is 11.6. The smallest absolute Gasteiger partial charge is 0.265 e. The number of hydrogen-bond donors (Lipinski definition) is 5. The second-order valence-electron chi connectivity index (χ2n) is 3.62. The van der Waals surface area contributed by atoms with Crippen LogP contribution in [0.4, 0.5) is 0 Å². The molecule has 0 spiro atoms. The van der Waals surface area contributed by atoms with Gasteiger partial charge in [-0.1, -0.05) is 6.07 Å². The summed E-state index contributed by atoms with van der Waals surface area (Å²) in [5, 5.41) is 28.0. The van der Waals surface area contributed by atoms with Gasteiger partial charge in [0.05, 0.1) is 19.3 Å². The summed E-state index contributed by atoms with van der Waals surface area (Å²) in [6.45, 7) is -0.628. The van der Waals surface area contributed by atoms with E-state index in [0.29, 0.717) is 5.75 Å². The standard InChI is InChI=1S/C11H16N2O5/c1-18-6-2-3-7(10(16)9(15)5-14)8(4-6)11(17)13-12/h2-4,9-10,14-16H,5,12H2,1H3,(H,13,17). The van der Waals surface area contributed by atoms with E-state index in [9.17, 15) is 15.0 Å². The van der Waals surface area contributed by atoms with Crippen LogP contribution in [0, 0.1) is 0 Å². The second kappa shape index (κ2) is 6.31. The number of aliphatic hydroxyl groups excluding tert-OH is 3. The average Bonchev–Trinajstić information content (AvgIpc) is 2.43. The molecule has 1 rings (SSSR count). The van der Waals surface area contributed by atoms with E-state index in [0.717, 1.165) is 0 Å². The summed E-state index contributed by atoms with van der Waals surface area (Å²) >= 11 is 0. The van der Waals surface area contributed by atoms with E-state index >= 15 is 0 Å². The van der Waals surface area contributed by atoms with Crippen molar-refractivity contribution in [2.45, 2.75) is 12.2 Å². The normalized spacial score (nSPS) is 13.8. The first-order chi connectivity index (χ1) is 8.54. The molecule has 0 bridgehead atoms. The number of aliphatic hydroxyl groups is 3. The number of benzene rings is 1. The van der Waals surface area contributed by atoms with Gasteiger partial charge in [-0.2, -0.15) is 0 Å². The van der Waals surface area contributed by atoms with Gasteiger partial charge in [0.2, 0.25) is 0 Å². The summed E-state index contributed by atoms with van der Waals surface area (Å²) < 4.78 is 4.96. The zero-order valence-corrected chi connectivity index (χ0v) is 9.83. The molecule has 0 aliphatic heterocycles. The molecule has 0 aromatic heterocycles. The predicted molar refractivity (Wildman–Crippen MR) is 62.7 cm³/mol. The minimum atomic E-state index is -1.40. The van der Waals surface area contributed by atoms with Crippen molar-refractivity contribution >= 4 is 5.91 Å². The highest BCUT2D eigenvalue weighted by Gasteiger charge is 2.23. The topological polar surface area (TPSA) is 125 Å². The van der Waals surface area contributed by atoms with Crippen LogP contribution in [0.3, 0.4) is 0 Å². The van der Waals surface area contributed by atoms with Crippen molar-refractivity contribution in [1.82, 2.24) is 5.43 Å².